The number of carbonyl (C=O) groups is 1. The summed E-state index contributed by atoms with van der Waals surface area (Å²) in [6.07, 6.45) is 6.45. The third-order valence-corrected chi connectivity index (χ3v) is 5.79. The third-order valence-electron chi connectivity index (χ3n) is 5.79. The van der Waals surface area contributed by atoms with Crippen LogP contribution in [-0.2, 0) is 4.79 Å². The van der Waals surface area contributed by atoms with Crippen LogP contribution in [0.5, 0.6) is 0 Å². The molecular weight excluding hydrogens is 326 g/mol. The number of aromatic nitrogens is 4. The van der Waals surface area contributed by atoms with Crippen molar-refractivity contribution < 1.29 is 4.79 Å². The molecule has 1 aromatic carbocycles. The Kier molecular flexibility index (Phi) is 3.58. The molecule has 26 heavy (non-hydrogen) atoms. The Bertz CT molecular complexity index is 946. The number of H-pyrrole nitrogens is 1. The molecule has 1 fully saturated rings. The molecule has 3 heterocycles. The van der Waals surface area contributed by atoms with E-state index in [1.54, 1.807) is 0 Å². The van der Waals surface area contributed by atoms with Crippen LogP contribution in [0.4, 0.5) is 5.82 Å². The van der Waals surface area contributed by atoms with Gasteiger partial charge in [-0.25, -0.2) is 9.67 Å². The summed E-state index contributed by atoms with van der Waals surface area (Å²) in [6, 6.07) is 8.39. The van der Waals surface area contributed by atoms with Crippen LogP contribution in [0, 0.1) is 6.92 Å². The van der Waals surface area contributed by atoms with Crippen LogP contribution in [0.3, 0.4) is 0 Å². The Hall–Kier alpha value is -2.63. The molecular formula is C20H23N5O. The number of imidazole rings is 1. The second-order valence-corrected chi connectivity index (χ2v) is 7.53. The highest BCUT2D eigenvalue weighted by Crippen LogP contribution is 2.41. The third kappa shape index (κ3) is 2.43. The summed E-state index contributed by atoms with van der Waals surface area (Å²) < 4.78 is 2.08. The highest BCUT2D eigenvalue weighted by molar-refractivity contribution is 5.94. The number of para-hydroxylation sites is 2. The fraction of sp³-hybridized carbons (Fsp3) is 0.450. The molecule has 1 saturated carbocycles. The van der Waals surface area contributed by atoms with Gasteiger partial charge in [-0.05, 0) is 31.9 Å². The van der Waals surface area contributed by atoms with Gasteiger partial charge in [-0.3, -0.25) is 4.79 Å². The number of anilines is 1. The summed E-state index contributed by atoms with van der Waals surface area (Å²) in [4.78, 5) is 20.6. The minimum atomic E-state index is -0.0662. The van der Waals surface area contributed by atoms with Crippen LogP contribution >= 0.6 is 0 Å². The maximum atomic E-state index is 12.5. The second kappa shape index (κ2) is 5.97. The van der Waals surface area contributed by atoms with E-state index in [-0.39, 0.29) is 11.8 Å². The van der Waals surface area contributed by atoms with E-state index >= 15 is 0 Å². The number of benzene rings is 1. The summed E-state index contributed by atoms with van der Waals surface area (Å²) >= 11 is 0. The lowest BCUT2D eigenvalue weighted by Gasteiger charge is -2.27. The number of rotatable bonds is 2. The fourth-order valence-electron chi connectivity index (χ4n) is 4.53. The molecule has 6 heteroatoms. The van der Waals surface area contributed by atoms with Crippen molar-refractivity contribution in [3.63, 3.8) is 0 Å². The standard InChI is InChI=1S/C20H23N5O/c1-12-18-14(19-21-15-9-5-6-10-16(15)22-19)11-17(26)23-20(18)25(24-12)13-7-3-2-4-8-13/h5-6,9-10,13-14H,2-4,7-8,11H2,1H3,(H,21,22)(H,23,26). The zero-order valence-corrected chi connectivity index (χ0v) is 15.0. The SMILES string of the molecule is Cc1nn(C2CCCCC2)c2c1C(c1nc3ccccc3[nH]1)CC(=O)N2. The van der Waals surface area contributed by atoms with Crippen molar-refractivity contribution in [1.82, 2.24) is 19.7 Å². The normalized spacial score (nSPS) is 21.0. The van der Waals surface area contributed by atoms with Gasteiger partial charge in [0.05, 0.1) is 28.7 Å². The van der Waals surface area contributed by atoms with Crippen molar-refractivity contribution in [1.29, 1.82) is 0 Å². The number of nitrogens with one attached hydrogen (secondary N) is 2. The predicted octanol–water partition coefficient (Wildman–Crippen LogP) is 4.05. The van der Waals surface area contributed by atoms with Gasteiger partial charge in [-0.2, -0.15) is 5.10 Å². The van der Waals surface area contributed by atoms with Gasteiger partial charge in [0.25, 0.3) is 0 Å². The molecule has 0 radical (unpaired) electrons. The Morgan fingerprint density at radius 3 is 2.77 bits per heavy atom. The summed E-state index contributed by atoms with van der Waals surface area (Å²) in [5.41, 5.74) is 4.06. The van der Waals surface area contributed by atoms with E-state index in [9.17, 15) is 4.79 Å². The largest absolute Gasteiger partial charge is 0.341 e. The molecule has 1 aliphatic heterocycles. The minimum Gasteiger partial charge on any atom is -0.341 e. The van der Waals surface area contributed by atoms with E-state index in [4.69, 9.17) is 10.1 Å². The molecule has 2 aliphatic rings. The zero-order chi connectivity index (χ0) is 17.7. The van der Waals surface area contributed by atoms with Gasteiger partial charge in [0.1, 0.15) is 11.6 Å². The van der Waals surface area contributed by atoms with Gasteiger partial charge < -0.3 is 10.3 Å². The van der Waals surface area contributed by atoms with Gasteiger partial charge in [0, 0.05) is 12.0 Å². The molecule has 6 nitrogen and oxygen atoms in total. The van der Waals surface area contributed by atoms with Gasteiger partial charge in [-0.15, -0.1) is 0 Å². The molecule has 1 atom stereocenters. The first-order valence-electron chi connectivity index (χ1n) is 9.54. The van der Waals surface area contributed by atoms with Crippen LogP contribution in [0.15, 0.2) is 24.3 Å². The number of amides is 1. The first-order valence-corrected chi connectivity index (χ1v) is 9.54. The molecule has 0 bridgehead atoms. The van der Waals surface area contributed by atoms with Crippen molar-refractivity contribution in [3.05, 3.63) is 41.3 Å². The van der Waals surface area contributed by atoms with Crippen molar-refractivity contribution >= 4 is 22.8 Å². The predicted molar refractivity (Wildman–Crippen MR) is 100 cm³/mol. The molecule has 0 spiro atoms. The molecule has 134 valence electrons. The van der Waals surface area contributed by atoms with Gasteiger partial charge in [0.2, 0.25) is 5.91 Å². The number of nitrogens with zero attached hydrogens (tertiary/aromatic N) is 3. The van der Waals surface area contributed by atoms with Gasteiger partial charge in [-0.1, -0.05) is 31.4 Å². The zero-order valence-electron chi connectivity index (χ0n) is 15.0. The van der Waals surface area contributed by atoms with Crippen molar-refractivity contribution in [2.45, 2.75) is 57.4 Å². The topological polar surface area (TPSA) is 75.6 Å². The molecule has 5 rings (SSSR count). The molecule has 2 aromatic heterocycles. The molecule has 1 amide bonds. The summed E-state index contributed by atoms with van der Waals surface area (Å²) in [5.74, 6) is 1.72. The van der Waals surface area contributed by atoms with Crippen LogP contribution in [-0.4, -0.2) is 25.7 Å². The monoisotopic (exact) mass is 349 g/mol. The average molecular weight is 349 g/mol. The van der Waals surface area contributed by atoms with Crippen molar-refractivity contribution in [2.75, 3.05) is 5.32 Å². The smallest absolute Gasteiger partial charge is 0.226 e. The summed E-state index contributed by atoms with van der Waals surface area (Å²) in [7, 11) is 0. The molecule has 0 saturated heterocycles. The minimum absolute atomic E-state index is 0.0416. The molecule has 3 aromatic rings. The van der Waals surface area contributed by atoms with E-state index in [2.05, 4.69) is 15.0 Å². The van der Waals surface area contributed by atoms with Gasteiger partial charge >= 0.3 is 0 Å². The lowest BCUT2D eigenvalue weighted by Crippen LogP contribution is -2.27. The quantitative estimate of drug-likeness (QED) is 0.733. The van der Waals surface area contributed by atoms with Gasteiger partial charge in [0.15, 0.2) is 0 Å². The van der Waals surface area contributed by atoms with E-state index in [0.717, 1.165) is 46.8 Å². The van der Waals surface area contributed by atoms with Crippen LogP contribution < -0.4 is 5.32 Å². The van der Waals surface area contributed by atoms with E-state index in [1.807, 2.05) is 31.2 Å². The molecule has 2 N–H and O–H groups in total. The first-order chi connectivity index (χ1) is 12.7. The number of aryl methyl sites for hydroxylation is 1. The van der Waals surface area contributed by atoms with Crippen LogP contribution in [0.1, 0.15) is 67.6 Å². The van der Waals surface area contributed by atoms with E-state index in [0.29, 0.717) is 12.5 Å². The number of fused-ring (bicyclic) bond motifs is 2. The number of hydrogen-bond acceptors (Lipinski definition) is 3. The second-order valence-electron chi connectivity index (χ2n) is 7.53. The Balaban J connectivity index is 1.61. The lowest BCUT2D eigenvalue weighted by molar-refractivity contribution is -0.116. The van der Waals surface area contributed by atoms with Crippen molar-refractivity contribution in [3.8, 4) is 0 Å². The van der Waals surface area contributed by atoms with Crippen molar-refractivity contribution in [2.24, 2.45) is 0 Å². The lowest BCUT2D eigenvalue weighted by atomic mass is 9.91. The fourth-order valence-corrected chi connectivity index (χ4v) is 4.53. The Morgan fingerprint density at radius 2 is 1.96 bits per heavy atom. The Labute approximate surface area is 152 Å². The van der Waals surface area contributed by atoms with Crippen LogP contribution in [0.2, 0.25) is 0 Å². The maximum Gasteiger partial charge on any atom is 0.226 e. The molecule has 1 unspecified atom stereocenters. The van der Waals surface area contributed by atoms with E-state index in [1.165, 1.54) is 19.3 Å². The maximum absolute atomic E-state index is 12.5. The first kappa shape index (κ1) is 15.6. The summed E-state index contributed by atoms with van der Waals surface area (Å²) in [5, 5.41) is 7.94. The van der Waals surface area contributed by atoms with E-state index < -0.39 is 0 Å². The number of aromatic amines is 1. The van der Waals surface area contributed by atoms with Crippen LogP contribution in [0.25, 0.3) is 11.0 Å². The molecule has 1 aliphatic carbocycles. The number of carbonyl (C=O) groups excluding carboxylic acids is 1. The highest BCUT2D eigenvalue weighted by atomic mass is 16.1. The number of hydrogen-bond donors (Lipinski definition) is 2. The highest BCUT2D eigenvalue weighted by Gasteiger charge is 2.35. The summed E-state index contributed by atoms with van der Waals surface area (Å²) in [6.45, 7) is 2.05. The average Bonchev–Trinajstić information content (AvgIpc) is 3.23. The Morgan fingerprint density at radius 1 is 1.15 bits per heavy atom.